The van der Waals surface area contributed by atoms with Crippen LogP contribution >= 0.6 is 0 Å². The van der Waals surface area contributed by atoms with Gasteiger partial charge in [0.15, 0.2) is 0 Å². The second-order valence-electron chi connectivity index (χ2n) is 10.2. The topological polar surface area (TPSA) is 3.24 Å². The molecule has 0 aliphatic carbocycles. The highest BCUT2D eigenvalue weighted by Gasteiger charge is 2.45. The molecular weight excluding hydrogens is 242 g/mol. The molecule has 0 aromatic rings. The molecule has 1 heterocycles. The van der Waals surface area contributed by atoms with Crippen LogP contribution in [0.3, 0.4) is 0 Å². The normalized spacial score (nSPS) is 22.1. The Kier molecular flexibility index (Phi) is 5.07. The molecule has 0 spiro atoms. The van der Waals surface area contributed by atoms with Gasteiger partial charge in [-0.25, -0.2) is 0 Å². The molecule has 0 saturated carbocycles. The summed E-state index contributed by atoms with van der Waals surface area (Å²) < 4.78 is 0. The summed E-state index contributed by atoms with van der Waals surface area (Å²) in [6.07, 6.45) is 5.46. The van der Waals surface area contributed by atoms with Crippen molar-refractivity contribution in [3.63, 3.8) is 0 Å². The van der Waals surface area contributed by atoms with Crippen molar-refractivity contribution < 1.29 is 0 Å². The van der Waals surface area contributed by atoms with Crippen LogP contribution in [0.2, 0.25) is 0 Å². The summed E-state index contributed by atoms with van der Waals surface area (Å²) in [7, 11) is 0. The van der Waals surface area contributed by atoms with Crippen molar-refractivity contribution in [3.8, 4) is 0 Å². The molecule has 1 nitrogen and oxygen atoms in total. The number of rotatable bonds is 2. The quantitative estimate of drug-likeness (QED) is 0.624. The van der Waals surface area contributed by atoms with Crippen LogP contribution in [0.1, 0.15) is 88.0 Å². The third-order valence-corrected chi connectivity index (χ3v) is 5.61. The lowest BCUT2D eigenvalue weighted by atomic mass is 9.58. The fourth-order valence-corrected chi connectivity index (χ4v) is 3.59. The molecule has 1 heteroatoms. The van der Waals surface area contributed by atoms with Crippen LogP contribution in [0.25, 0.3) is 0 Å². The van der Waals surface area contributed by atoms with E-state index < -0.39 is 0 Å². The van der Waals surface area contributed by atoms with Crippen LogP contribution in [0.5, 0.6) is 0 Å². The van der Waals surface area contributed by atoms with Crippen molar-refractivity contribution in [2.45, 2.75) is 93.5 Å². The predicted octanol–water partition coefficient (Wildman–Crippen LogP) is 5.74. The van der Waals surface area contributed by atoms with Crippen molar-refractivity contribution in [1.29, 1.82) is 0 Å². The second-order valence-corrected chi connectivity index (χ2v) is 10.2. The molecule has 1 aliphatic heterocycles. The van der Waals surface area contributed by atoms with E-state index in [1.807, 2.05) is 0 Å². The van der Waals surface area contributed by atoms with Gasteiger partial charge in [-0.2, -0.15) is 0 Å². The minimum atomic E-state index is 0.327. The molecule has 0 aromatic heterocycles. The molecular formula is C19H39N. The second kappa shape index (κ2) is 5.63. The Hall–Kier alpha value is -0.0400. The summed E-state index contributed by atoms with van der Waals surface area (Å²) in [4.78, 5) is 2.67. The average Bonchev–Trinajstić information content (AvgIpc) is 2.23. The first-order valence-corrected chi connectivity index (χ1v) is 8.52. The van der Waals surface area contributed by atoms with E-state index in [1.54, 1.807) is 0 Å². The lowest BCUT2D eigenvalue weighted by Gasteiger charge is -2.53. The lowest BCUT2D eigenvalue weighted by Crippen LogP contribution is -2.52. The van der Waals surface area contributed by atoms with E-state index in [0.29, 0.717) is 21.8 Å². The first-order valence-electron chi connectivity index (χ1n) is 8.52. The molecule has 20 heavy (non-hydrogen) atoms. The number of hydrogen-bond acceptors (Lipinski definition) is 1. The van der Waals surface area contributed by atoms with E-state index in [1.165, 1.54) is 38.8 Å². The summed E-state index contributed by atoms with van der Waals surface area (Å²) >= 11 is 0. The molecule has 1 aliphatic rings. The van der Waals surface area contributed by atoms with Gasteiger partial charge in [-0.3, -0.25) is 4.90 Å². The van der Waals surface area contributed by atoms with Gasteiger partial charge >= 0.3 is 0 Å². The highest BCUT2D eigenvalue weighted by atomic mass is 15.2. The summed E-state index contributed by atoms with van der Waals surface area (Å²) in [6, 6.07) is 0. The van der Waals surface area contributed by atoms with Gasteiger partial charge in [-0.1, -0.05) is 41.5 Å². The molecule has 0 amide bonds. The third kappa shape index (κ3) is 4.48. The first-order chi connectivity index (χ1) is 8.77. The van der Waals surface area contributed by atoms with Crippen molar-refractivity contribution >= 4 is 0 Å². The molecule has 1 rings (SSSR count). The Morgan fingerprint density at radius 3 is 1.55 bits per heavy atom. The van der Waals surface area contributed by atoms with Crippen LogP contribution in [0.15, 0.2) is 0 Å². The molecule has 0 radical (unpaired) electrons. The number of likely N-dealkylation sites (tertiary alicyclic amines) is 1. The van der Waals surface area contributed by atoms with Gasteiger partial charge in [0.2, 0.25) is 0 Å². The van der Waals surface area contributed by atoms with E-state index in [0.717, 1.165) is 0 Å². The van der Waals surface area contributed by atoms with Crippen molar-refractivity contribution in [1.82, 2.24) is 4.90 Å². The lowest BCUT2D eigenvalue weighted by molar-refractivity contribution is -0.0338. The fourth-order valence-electron chi connectivity index (χ4n) is 3.59. The van der Waals surface area contributed by atoms with E-state index >= 15 is 0 Å². The summed E-state index contributed by atoms with van der Waals surface area (Å²) in [6.45, 7) is 24.1. The zero-order valence-electron chi connectivity index (χ0n) is 15.7. The SMILES string of the molecule is CC(C)(C)CCC1(C(C)(C)C)CCN(C(C)(C)C)CC1. The standard InChI is InChI=1S/C19H39N/c1-16(2,3)10-11-19(17(4,5)6)12-14-20(15-13-19)18(7,8)9/h10-15H2,1-9H3. The van der Waals surface area contributed by atoms with E-state index in [2.05, 4.69) is 67.2 Å². The maximum absolute atomic E-state index is 2.67. The summed E-state index contributed by atoms with van der Waals surface area (Å²) in [5.74, 6) is 0. The van der Waals surface area contributed by atoms with Gasteiger partial charge in [0.25, 0.3) is 0 Å². The van der Waals surface area contributed by atoms with E-state index in [4.69, 9.17) is 0 Å². The van der Waals surface area contributed by atoms with Crippen LogP contribution in [-0.4, -0.2) is 23.5 Å². The molecule has 1 fully saturated rings. The summed E-state index contributed by atoms with van der Waals surface area (Å²) in [5.41, 5.74) is 1.73. The Labute approximate surface area is 128 Å². The minimum Gasteiger partial charge on any atom is -0.298 e. The predicted molar refractivity (Wildman–Crippen MR) is 91.1 cm³/mol. The highest BCUT2D eigenvalue weighted by molar-refractivity contribution is 4.96. The molecule has 0 N–H and O–H groups in total. The molecule has 0 bridgehead atoms. The Balaban J connectivity index is 2.80. The first kappa shape index (κ1) is 18.0. The van der Waals surface area contributed by atoms with Gasteiger partial charge in [-0.05, 0) is 75.8 Å². The zero-order valence-corrected chi connectivity index (χ0v) is 15.7. The van der Waals surface area contributed by atoms with Crippen molar-refractivity contribution in [2.24, 2.45) is 16.2 Å². The van der Waals surface area contributed by atoms with Crippen LogP contribution in [-0.2, 0) is 0 Å². The zero-order chi connectivity index (χ0) is 15.8. The number of hydrogen-bond donors (Lipinski definition) is 0. The maximum Gasteiger partial charge on any atom is 0.0125 e. The molecule has 0 unspecified atom stereocenters. The molecule has 120 valence electrons. The van der Waals surface area contributed by atoms with Gasteiger partial charge in [0.05, 0.1) is 0 Å². The minimum absolute atomic E-state index is 0.327. The van der Waals surface area contributed by atoms with Crippen LogP contribution in [0.4, 0.5) is 0 Å². The van der Waals surface area contributed by atoms with Gasteiger partial charge in [0, 0.05) is 5.54 Å². The Bertz CT molecular complexity index is 300. The van der Waals surface area contributed by atoms with Gasteiger partial charge in [0.1, 0.15) is 0 Å². The molecule has 0 atom stereocenters. The van der Waals surface area contributed by atoms with E-state index in [9.17, 15) is 0 Å². The van der Waals surface area contributed by atoms with Gasteiger partial charge in [-0.15, -0.1) is 0 Å². The highest BCUT2D eigenvalue weighted by Crippen LogP contribution is 2.52. The van der Waals surface area contributed by atoms with E-state index in [-0.39, 0.29) is 0 Å². The Morgan fingerprint density at radius 2 is 1.25 bits per heavy atom. The largest absolute Gasteiger partial charge is 0.298 e. The van der Waals surface area contributed by atoms with Gasteiger partial charge < -0.3 is 0 Å². The maximum atomic E-state index is 2.67. The Morgan fingerprint density at radius 1 is 0.800 bits per heavy atom. The van der Waals surface area contributed by atoms with Crippen LogP contribution in [0, 0.1) is 16.2 Å². The van der Waals surface area contributed by atoms with Crippen LogP contribution < -0.4 is 0 Å². The fraction of sp³-hybridized carbons (Fsp3) is 1.00. The third-order valence-electron chi connectivity index (χ3n) is 5.61. The molecule has 1 saturated heterocycles. The smallest absolute Gasteiger partial charge is 0.0125 e. The monoisotopic (exact) mass is 281 g/mol. The van der Waals surface area contributed by atoms with Crippen molar-refractivity contribution in [3.05, 3.63) is 0 Å². The number of nitrogens with zero attached hydrogens (tertiary/aromatic N) is 1. The van der Waals surface area contributed by atoms with Crippen molar-refractivity contribution in [2.75, 3.05) is 13.1 Å². The average molecular weight is 282 g/mol. The number of piperidine rings is 1. The summed E-state index contributed by atoms with van der Waals surface area (Å²) in [5, 5.41) is 0. The molecule has 0 aromatic carbocycles.